The predicted octanol–water partition coefficient (Wildman–Crippen LogP) is -1.37. The second-order valence-corrected chi connectivity index (χ2v) is 28.2. The van der Waals surface area contributed by atoms with E-state index < -0.39 is 149 Å². The van der Waals surface area contributed by atoms with Crippen LogP contribution in [-0.2, 0) is 14.4 Å². The van der Waals surface area contributed by atoms with E-state index in [1.807, 2.05) is 0 Å². The van der Waals surface area contributed by atoms with Crippen LogP contribution in [0.3, 0.4) is 0 Å². The molecule has 3 aromatic carbocycles. The van der Waals surface area contributed by atoms with Gasteiger partial charge in [0.05, 0.1) is 130 Å². The van der Waals surface area contributed by atoms with E-state index in [1.165, 1.54) is 23.9 Å². The molecule has 18 N–H and O–H groups in total. The molecule has 0 radical (unpaired) electrons. The van der Waals surface area contributed by atoms with Crippen LogP contribution in [0.1, 0.15) is 68.6 Å². The molecule has 0 bridgehead atoms. The van der Waals surface area contributed by atoms with Crippen LogP contribution in [0.5, 0.6) is 0 Å². The van der Waals surface area contributed by atoms with Crippen molar-refractivity contribution in [2.45, 2.75) is 43.0 Å². The lowest BCUT2D eigenvalue weighted by molar-refractivity contribution is -0.126. The molecule has 0 saturated carbocycles. The third-order valence-electron chi connectivity index (χ3n) is 12.2. The fourth-order valence-electron chi connectivity index (χ4n) is 7.27. The van der Waals surface area contributed by atoms with Gasteiger partial charge >= 0.3 is 0 Å². The van der Waals surface area contributed by atoms with Gasteiger partial charge in [-0.15, -0.1) is 0 Å². The second-order valence-electron chi connectivity index (χ2n) is 18.5. The van der Waals surface area contributed by atoms with Gasteiger partial charge in [-0.05, 0) is 210 Å². The van der Waals surface area contributed by atoms with Gasteiger partial charge in [-0.1, -0.05) is 0 Å². The first-order valence-corrected chi connectivity index (χ1v) is 34.9. The lowest BCUT2D eigenvalue weighted by atomic mass is 10.1. The van der Waals surface area contributed by atoms with Gasteiger partial charge in [-0.25, -0.2) is 0 Å². The average Bonchev–Trinajstić information content (AvgIpc) is 0.946. The van der Waals surface area contributed by atoms with Crippen LogP contribution in [-0.4, -0.2) is 265 Å². The van der Waals surface area contributed by atoms with E-state index in [-0.39, 0.29) is 115 Å². The molecular weight excluding hydrogens is 2190 g/mol. The highest BCUT2D eigenvalue weighted by atomic mass is 127. The second kappa shape index (κ2) is 38.5. The number of benzene rings is 3. The predicted molar refractivity (Wildman–Crippen MR) is 390 cm³/mol. The molecule has 9 amide bonds. The summed E-state index contributed by atoms with van der Waals surface area (Å²) in [5, 5.41) is 132. The molecule has 488 valence electrons. The molecule has 39 heteroatoms. The third kappa shape index (κ3) is 21.0. The lowest BCUT2D eigenvalue weighted by Crippen LogP contribution is -2.42. The summed E-state index contributed by atoms with van der Waals surface area (Å²) < 4.78 is 0.421. The molecule has 0 aliphatic rings. The van der Waals surface area contributed by atoms with Crippen LogP contribution in [0.4, 0.5) is 17.1 Å². The first kappa shape index (κ1) is 81.2. The van der Waals surface area contributed by atoms with Gasteiger partial charge in [0.25, 0.3) is 53.2 Å². The number of aliphatic hydroxyl groups excluding tert-OH is 12. The summed E-state index contributed by atoms with van der Waals surface area (Å²) in [7, 11) is 2.72. The SMILES string of the molecule is CN(CCCN(CCN(C)C(=O)c1c(I)c(NC(=O)C(O)CO)c(I)c(C(=O)NCC(O)CO)c1I)C(=O)c1c(I)c(NC(=O)C(O)CO)c(I)c(C(=O)NCC(O)CO)c1I)C(=O)c1c(I)c(NC(=O)C(O)CO)c(I)c(C(=O)NCC(O)CO)c1I. The normalized spacial score (nSPS) is 13.3. The summed E-state index contributed by atoms with van der Waals surface area (Å²) in [6.07, 6.45) is -10.1. The molecular formula is C49H58I9N9O21. The van der Waals surface area contributed by atoms with Gasteiger partial charge in [0, 0.05) is 70.6 Å². The summed E-state index contributed by atoms with van der Waals surface area (Å²) in [6, 6.07) is 0. The Bertz CT molecular complexity index is 3140. The van der Waals surface area contributed by atoms with Crippen molar-refractivity contribution in [3.05, 3.63) is 65.5 Å². The van der Waals surface area contributed by atoms with Crippen LogP contribution in [0.2, 0.25) is 0 Å². The van der Waals surface area contributed by atoms with Gasteiger partial charge in [0.15, 0.2) is 18.3 Å². The van der Waals surface area contributed by atoms with Gasteiger partial charge in [-0.2, -0.15) is 0 Å². The Morgan fingerprint density at radius 2 is 0.614 bits per heavy atom. The van der Waals surface area contributed by atoms with Crippen molar-refractivity contribution in [2.24, 2.45) is 0 Å². The number of rotatable bonds is 31. The number of anilines is 3. The number of likely N-dealkylation sites (N-methyl/N-ethyl adjacent to an activating group) is 1. The van der Waals surface area contributed by atoms with E-state index in [0.717, 1.165) is 4.90 Å². The van der Waals surface area contributed by atoms with Crippen molar-refractivity contribution in [1.29, 1.82) is 0 Å². The number of carbonyl (C=O) groups excluding carboxylic acids is 9. The number of nitrogens with one attached hydrogen (secondary N) is 6. The van der Waals surface area contributed by atoms with Gasteiger partial charge in [-0.3, -0.25) is 43.2 Å². The van der Waals surface area contributed by atoms with Crippen molar-refractivity contribution < 1.29 is 104 Å². The quantitative estimate of drug-likeness (QED) is 0.0330. The standard InChI is InChI=1S/C49H58I9N9O21/c1-65(47(86)26-29(50)23(44(83)59-8-17(74)11-68)32(53)38(35(26)56)62-41(80)20(77)14-71)4-3-5-67(49(88)28-31(52)25(46(85)61-10-19(76)13-70)34(55)40(37(28)58)64-43(82)22(79)16-73)7-6-66(2)48(87)27-30(51)24(45(84)60-9-18(75)12-69)33(54)39(36(27)57)63-42(81)21(78)15-72/h17-22,68-79H,3-16H2,1-2H3,(H,59,83)(H,60,84)(H,61,85)(H,62,80)(H,63,81)(H,64,82). The monoisotopic (exact) mass is 2250 g/mol. The molecule has 0 spiro atoms. The molecule has 30 nitrogen and oxygen atoms in total. The van der Waals surface area contributed by atoms with Crippen LogP contribution in [0.15, 0.2) is 0 Å². The molecule has 0 aliphatic heterocycles. The molecule has 0 aromatic heterocycles. The van der Waals surface area contributed by atoms with Crippen LogP contribution < -0.4 is 31.9 Å². The average molecular weight is 2250 g/mol. The van der Waals surface area contributed by atoms with Crippen molar-refractivity contribution in [3.63, 3.8) is 0 Å². The van der Waals surface area contributed by atoms with E-state index >= 15 is 4.79 Å². The van der Waals surface area contributed by atoms with E-state index in [9.17, 15) is 99.6 Å². The fourth-order valence-corrected chi connectivity index (χ4v) is 20.4. The number of aliphatic hydroxyl groups is 12. The summed E-state index contributed by atoms with van der Waals surface area (Å²) in [5.41, 5.74) is -1.47. The molecule has 0 fully saturated rings. The van der Waals surface area contributed by atoms with E-state index in [1.54, 1.807) is 203 Å². The topological polar surface area (TPSA) is 478 Å². The van der Waals surface area contributed by atoms with Crippen molar-refractivity contribution in [1.82, 2.24) is 30.7 Å². The number of nitrogens with zero attached hydrogens (tertiary/aromatic N) is 3. The Morgan fingerprint density at radius 3 is 0.886 bits per heavy atom. The summed E-state index contributed by atoms with van der Waals surface area (Å²) >= 11 is 15.6. The zero-order chi connectivity index (χ0) is 66.9. The van der Waals surface area contributed by atoms with Crippen LogP contribution in [0.25, 0.3) is 0 Å². The number of carbonyl (C=O) groups is 9. The summed E-state index contributed by atoms with van der Waals surface area (Å²) in [5.74, 6) is -8.32. The Balaban J connectivity index is 2.32. The lowest BCUT2D eigenvalue weighted by Gasteiger charge is -2.29. The first-order chi connectivity index (χ1) is 41.2. The maximum absolute atomic E-state index is 15.5. The van der Waals surface area contributed by atoms with Crippen molar-refractivity contribution in [2.75, 3.05) is 116 Å². The highest BCUT2D eigenvalue weighted by Gasteiger charge is 2.36. The Morgan fingerprint density at radius 1 is 0.352 bits per heavy atom. The highest BCUT2D eigenvalue weighted by molar-refractivity contribution is 14.1. The summed E-state index contributed by atoms with van der Waals surface area (Å²) in [6.45, 7) is -7.68. The molecule has 0 saturated heterocycles. The minimum atomic E-state index is -1.97. The Hall–Kier alpha value is -1.02. The maximum atomic E-state index is 15.5. The minimum Gasteiger partial charge on any atom is -0.394 e. The number of halogens is 9. The van der Waals surface area contributed by atoms with Crippen LogP contribution >= 0.6 is 203 Å². The Labute approximate surface area is 624 Å². The molecule has 3 aromatic rings. The molecule has 88 heavy (non-hydrogen) atoms. The molecule has 3 rings (SSSR count). The minimum absolute atomic E-state index is 0.00716. The van der Waals surface area contributed by atoms with E-state index in [0.29, 0.717) is 0 Å². The zero-order valence-corrected chi connectivity index (χ0v) is 65.1. The molecule has 6 unspecified atom stereocenters. The first-order valence-electron chi connectivity index (χ1n) is 25.2. The van der Waals surface area contributed by atoms with Gasteiger partial charge < -0.3 is 108 Å². The maximum Gasteiger partial charge on any atom is 0.256 e. The molecule has 0 heterocycles. The van der Waals surface area contributed by atoms with E-state index in [2.05, 4.69) is 31.9 Å². The Kier molecular flexibility index (Phi) is 35.5. The van der Waals surface area contributed by atoms with Crippen LogP contribution in [0, 0.1) is 32.1 Å². The molecule has 0 aliphatic carbocycles. The number of hydrogen-bond donors (Lipinski definition) is 18. The number of amides is 9. The highest BCUT2D eigenvalue weighted by Crippen LogP contribution is 2.40. The third-order valence-corrected chi connectivity index (χ3v) is 21.9. The van der Waals surface area contributed by atoms with Crippen molar-refractivity contribution in [3.8, 4) is 0 Å². The largest absolute Gasteiger partial charge is 0.394 e. The van der Waals surface area contributed by atoms with Gasteiger partial charge in [0.2, 0.25) is 0 Å². The fraction of sp³-hybridized carbons (Fsp3) is 0.449. The molecule has 6 atom stereocenters. The summed E-state index contributed by atoms with van der Waals surface area (Å²) in [4.78, 5) is 129. The van der Waals surface area contributed by atoms with Crippen molar-refractivity contribution >= 4 is 274 Å². The van der Waals surface area contributed by atoms with Gasteiger partial charge in [0.1, 0.15) is 0 Å². The smallest absolute Gasteiger partial charge is 0.256 e. The zero-order valence-electron chi connectivity index (χ0n) is 45.6. The number of hydrogen-bond acceptors (Lipinski definition) is 21. The van der Waals surface area contributed by atoms with E-state index in [4.69, 9.17) is 0 Å².